The van der Waals surface area contributed by atoms with Crippen LogP contribution in [0.1, 0.15) is 43.5 Å². The summed E-state index contributed by atoms with van der Waals surface area (Å²) in [6.07, 6.45) is 6.20. The maximum atomic E-state index is 12.2. The molecule has 1 aromatic heterocycles. The van der Waals surface area contributed by atoms with E-state index in [1.54, 1.807) is 10.9 Å². The van der Waals surface area contributed by atoms with Gasteiger partial charge < -0.3 is 0 Å². The van der Waals surface area contributed by atoms with Gasteiger partial charge in [0.2, 0.25) is 0 Å². The van der Waals surface area contributed by atoms with Gasteiger partial charge in [-0.2, -0.15) is 5.10 Å². The zero-order valence-electron chi connectivity index (χ0n) is 11.5. The smallest absolute Gasteiger partial charge is 0.166 e. The summed E-state index contributed by atoms with van der Waals surface area (Å²) in [6.45, 7) is 4.27. The van der Waals surface area contributed by atoms with Crippen LogP contribution in [0, 0.1) is 5.92 Å². The van der Waals surface area contributed by atoms with E-state index in [1.165, 1.54) is 0 Å². The van der Waals surface area contributed by atoms with Crippen molar-refractivity contribution in [3.05, 3.63) is 48.3 Å². The first-order valence-corrected chi connectivity index (χ1v) is 6.87. The predicted molar refractivity (Wildman–Crippen MR) is 76.6 cm³/mol. The lowest BCUT2D eigenvalue weighted by atomic mass is 9.95. The molecule has 3 nitrogen and oxygen atoms in total. The van der Waals surface area contributed by atoms with Gasteiger partial charge in [-0.1, -0.05) is 44.9 Å². The standard InChI is InChI=1S/C16H20N2O/c1-3-13(4-2)10-16(19)14-11-17-18(12-14)15-8-6-5-7-9-15/h5-9,11-13H,3-4,10H2,1-2H3. The Morgan fingerprint density at radius 2 is 1.89 bits per heavy atom. The molecule has 1 aromatic carbocycles. The lowest BCUT2D eigenvalue weighted by Gasteiger charge is -2.09. The van der Waals surface area contributed by atoms with Crippen LogP contribution in [0.3, 0.4) is 0 Å². The summed E-state index contributed by atoms with van der Waals surface area (Å²) in [5.41, 5.74) is 1.68. The fourth-order valence-electron chi connectivity index (χ4n) is 2.15. The number of carbonyl (C=O) groups is 1. The summed E-state index contributed by atoms with van der Waals surface area (Å²) in [5, 5.41) is 4.26. The molecule has 2 rings (SSSR count). The van der Waals surface area contributed by atoms with Crippen LogP contribution in [-0.2, 0) is 0 Å². The van der Waals surface area contributed by atoms with Crippen LogP contribution < -0.4 is 0 Å². The molecule has 1 heterocycles. The Balaban J connectivity index is 2.11. The normalized spacial score (nSPS) is 10.9. The fraction of sp³-hybridized carbons (Fsp3) is 0.375. The lowest BCUT2D eigenvalue weighted by molar-refractivity contribution is 0.0958. The van der Waals surface area contributed by atoms with Crippen LogP contribution in [0.4, 0.5) is 0 Å². The lowest BCUT2D eigenvalue weighted by Crippen LogP contribution is -2.06. The van der Waals surface area contributed by atoms with E-state index in [0.29, 0.717) is 17.9 Å². The van der Waals surface area contributed by atoms with Crippen molar-refractivity contribution in [3.63, 3.8) is 0 Å². The summed E-state index contributed by atoms with van der Waals surface area (Å²) >= 11 is 0. The molecule has 100 valence electrons. The van der Waals surface area contributed by atoms with Crippen LogP contribution in [0.5, 0.6) is 0 Å². The van der Waals surface area contributed by atoms with Gasteiger partial charge in [0.15, 0.2) is 5.78 Å². The van der Waals surface area contributed by atoms with Crippen LogP contribution >= 0.6 is 0 Å². The molecular weight excluding hydrogens is 236 g/mol. The number of hydrogen-bond donors (Lipinski definition) is 0. The SMILES string of the molecule is CCC(CC)CC(=O)c1cnn(-c2ccccc2)c1. The molecule has 0 aliphatic heterocycles. The highest BCUT2D eigenvalue weighted by atomic mass is 16.1. The Labute approximate surface area is 114 Å². The number of benzene rings is 1. The number of rotatable bonds is 6. The van der Waals surface area contributed by atoms with Crippen molar-refractivity contribution in [2.75, 3.05) is 0 Å². The van der Waals surface area contributed by atoms with Crippen molar-refractivity contribution in [2.24, 2.45) is 5.92 Å². The second kappa shape index (κ2) is 6.32. The van der Waals surface area contributed by atoms with E-state index in [2.05, 4.69) is 18.9 Å². The van der Waals surface area contributed by atoms with Crippen molar-refractivity contribution < 1.29 is 4.79 Å². The number of Topliss-reactive ketones (excluding diaryl/α,β-unsaturated/α-hetero) is 1. The van der Waals surface area contributed by atoms with Crippen LogP contribution in [0.15, 0.2) is 42.7 Å². The highest BCUT2D eigenvalue weighted by Crippen LogP contribution is 2.17. The van der Waals surface area contributed by atoms with Crippen LogP contribution in [-0.4, -0.2) is 15.6 Å². The van der Waals surface area contributed by atoms with Gasteiger partial charge in [-0.3, -0.25) is 4.79 Å². The molecule has 0 atom stereocenters. The minimum atomic E-state index is 0.191. The molecule has 0 saturated carbocycles. The number of aromatic nitrogens is 2. The van der Waals surface area contributed by atoms with E-state index < -0.39 is 0 Å². The molecule has 0 unspecified atom stereocenters. The Morgan fingerprint density at radius 3 is 2.53 bits per heavy atom. The van der Waals surface area contributed by atoms with Gasteiger partial charge in [0.25, 0.3) is 0 Å². The third-order valence-electron chi connectivity index (χ3n) is 3.55. The minimum absolute atomic E-state index is 0.191. The van der Waals surface area contributed by atoms with Gasteiger partial charge >= 0.3 is 0 Å². The molecule has 0 N–H and O–H groups in total. The number of para-hydroxylation sites is 1. The molecule has 0 fully saturated rings. The Kier molecular flexibility index (Phi) is 4.50. The third-order valence-corrected chi connectivity index (χ3v) is 3.55. The molecule has 2 aromatic rings. The van der Waals surface area contributed by atoms with E-state index in [9.17, 15) is 4.79 Å². The maximum Gasteiger partial charge on any atom is 0.166 e. The predicted octanol–water partition coefficient (Wildman–Crippen LogP) is 3.88. The Hall–Kier alpha value is -1.90. The average Bonchev–Trinajstić information content (AvgIpc) is 2.95. The van der Waals surface area contributed by atoms with E-state index >= 15 is 0 Å². The highest BCUT2D eigenvalue weighted by Gasteiger charge is 2.14. The molecule has 0 amide bonds. The number of carbonyl (C=O) groups excluding carboxylic acids is 1. The van der Waals surface area contributed by atoms with Gasteiger partial charge in [0.1, 0.15) is 0 Å². The molecule has 0 radical (unpaired) electrons. The first kappa shape index (κ1) is 13.5. The van der Waals surface area contributed by atoms with Gasteiger partial charge in [-0.15, -0.1) is 0 Å². The molecule has 0 aliphatic carbocycles. The first-order chi connectivity index (χ1) is 9.24. The second-order valence-electron chi connectivity index (χ2n) is 4.82. The monoisotopic (exact) mass is 256 g/mol. The largest absolute Gasteiger partial charge is 0.294 e. The van der Waals surface area contributed by atoms with Crippen molar-refractivity contribution in [2.45, 2.75) is 33.1 Å². The van der Waals surface area contributed by atoms with Crippen LogP contribution in [0.2, 0.25) is 0 Å². The van der Waals surface area contributed by atoms with E-state index in [0.717, 1.165) is 18.5 Å². The number of hydrogen-bond acceptors (Lipinski definition) is 2. The molecule has 19 heavy (non-hydrogen) atoms. The molecule has 3 heteroatoms. The molecule has 0 aliphatic rings. The number of nitrogens with zero attached hydrogens (tertiary/aromatic N) is 2. The molecular formula is C16H20N2O. The highest BCUT2D eigenvalue weighted by molar-refractivity contribution is 5.95. The maximum absolute atomic E-state index is 12.2. The topological polar surface area (TPSA) is 34.9 Å². The Bertz CT molecular complexity index is 527. The molecule has 0 bridgehead atoms. The summed E-state index contributed by atoms with van der Waals surface area (Å²) in [5.74, 6) is 0.670. The summed E-state index contributed by atoms with van der Waals surface area (Å²) in [6, 6.07) is 9.84. The van der Waals surface area contributed by atoms with E-state index in [-0.39, 0.29) is 5.78 Å². The van der Waals surface area contributed by atoms with Gasteiger partial charge in [0, 0.05) is 12.6 Å². The second-order valence-corrected chi connectivity index (χ2v) is 4.82. The van der Waals surface area contributed by atoms with Crippen molar-refractivity contribution in [3.8, 4) is 5.69 Å². The Morgan fingerprint density at radius 1 is 1.21 bits per heavy atom. The van der Waals surface area contributed by atoms with E-state index in [1.807, 2.05) is 36.5 Å². The third kappa shape index (κ3) is 3.31. The van der Waals surface area contributed by atoms with Gasteiger partial charge in [0.05, 0.1) is 17.4 Å². The zero-order chi connectivity index (χ0) is 13.7. The number of ketones is 1. The van der Waals surface area contributed by atoms with Gasteiger partial charge in [-0.05, 0) is 18.1 Å². The van der Waals surface area contributed by atoms with Crippen molar-refractivity contribution in [1.29, 1.82) is 0 Å². The fourth-order valence-corrected chi connectivity index (χ4v) is 2.15. The molecule has 0 saturated heterocycles. The minimum Gasteiger partial charge on any atom is -0.294 e. The zero-order valence-corrected chi connectivity index (χ0v) is 11.5. The summed E-state index contributed by atoms with van der Waals surface area (Å²) in [7, 11) is 0. The van der Waals surface area contributed by atoms with Gasteiger partial charge in [-0.25, -0.2) is 4.68 Å². The summed E-state index contributed by atoms with van der Waals surface area (Å²) < 4.78 is 1.75. The van der Waals surface area contributed by atoms with E-state index in [4.69, 9.17) is 0 Å². The van der Waals surface area contributed by atoms with Crippen LogP contribution in [0.25, 0.3) is 5.69 Å². The molecule has 0 spiro atoms. The first-order valence-electron chi connectivity index (χ1n) is 6.87. The van der Waals surface area contributed by atoms with Crippen molar-refractivity contribution in [1.82, 2.24) is 9.78 Å². The quantitative estimate of drug-likeness (QED) is 0.735. The average molecular weight is 256 g/mol. The van der Waals surface area contributed by atoms with Crippen molar-refractivity contribution >= 4 is 5.78 Å². The summed E-state index contributed by atoms with van der Waals surface area (Å²) in [4.78, 5) is 12.2.